The van der Waals surface area contributed by atoms with Crippen molar-refractivity contribution >= 4 is 62.2 Å². The van der Waals surface area contributed by atoms with Gasteiger partial charge in [0.1, 0.15) is 24.3 Å². The van der Waals surface area contributed by atoms with Gasteiger partial charge < -0.3 is 46.3 Å². The standard InChI is InChI=1S/C24H28N2O4.C12H14N2O2.C7H7Br.CH2O3.2Cs.H/c1-24(2,3)30-23(28)25-20(22(27)29-16-17-10-6-5-7-11-17)14-18-15-26(4)21-13-9-8-12-19(18)21;1-14-7-8(6-10(13)12(15)16)9-4-2-3-5-11(9)14;8-6-7-4-2-1-3-5-7;2-1-4-3;;;/h5-13,15,20H,14,16H2,1-4H3,(H,25,28);2-5,7,10H,6,13H2,1H3,(H,15,16);1-5H,6H2;1,3H;;;/q;;;;2*+1;-1/p-1/t20-;10-;;;;;/m11...../s1. The number of nitrogens with two attached hydrogens (primary N) is 1. The molecular weight excluding hydrogens is 1070 g/mol. The SMILES string of the molecule is BrCc1ccccc1.Cn1cc(C[C@@H](N)C(=O)O)c2ccccc21.Cn1cc(C[C@@H](NC(=O)OC(C)(C)C)C(=O)OCc2ccccc2)c2ccccc21.O=CO[O-].[Cs+].[Cs+].[H-]. The van der Waals surface area contributed by atoms with Crippen LogP contribution in [0.15, 0.2) is 122 Å². The number of benzene rings is 4. The third kappa shape index (κ3) is 19.7. The maximum absolute atomic E-state index is 12.9. The molecule has 0 aliphatic carbocycles. The number of carboxylic acid groups (broad SMARTS) is 1. The second-order valence-electron chi connectivity index (χ2n) is 14.0. The number of fused-ring (bicyclic) bond motifs is 2. The van der Waals surface area contributed by atoms with Gasteiger partial charge in [-0.2, -0.15) is 0 Å². The molecule has 2 aromatic heterocycles. The van der Waals surface area contributed by atoms with Gasteiger partial charge in [0.15, 0.2) is 0 Å². The molecular formula is C44H51BrCs2N4O9. The number of amides is 1. The first-order valence-electron chi connectivity index (χ1n) is 18.2. The molecule has 16 heteroatoms. The van der Waals surface area contributed by atoms with E-state index in [0.29, 0.717) is 12.8 Å². The monoisotopic (exact) mass is 1120 g/mol. The summed E-state index contributed by atoms with van der Waals surface area (Å²) in [4.78, 5) is 47.2. The Morgan fingerprint density at radius 1 is 0.800 bits per heavy atom. The van der Waals surface area contributed by atoms with Crippen LogP contribution in [0.5, 0.6) is 0 Å². The van der Waals surface area contributed by atoms with Crippen molar-refractivity contribution in [3.63, 3.8) is 0 Å². The van der Waals surface area contributed by atoms with Gasteiger partial charge in [0, 0.05) is 66.5 Å². The maximum atomic E-state index is 12.9. The van der Waals surface area contributed by atoms with Crippen LogP contribution < -0.4 is 154 Å². The number of carboxylic acids is 1. The number of hydrogen-bond acceptors (Lipinski definition) is 9. The predicted octanol–water partition coefficient (Wildman–Crippen LogP) is 0.627. The van der Waals surface area contributed by atoms with Crippen LogP contribution in [0.25, 0.3) is 21.8 Å². The molecule has 0 unspecified atom stereocenters. The molecule has 13 nitrogen and oxygen atoms in total. The minimum atomic E-state index is -0.965. The van der Waals surface area contributed by atoms with Crippen LogP contribution in [0.3, 0.4) is 0 Å². The average Bonchev–Trinajstić information content (AvgIpc) is 3.71. The van der Waals surface area contributed by atoms with Crippen LogP contribution in [0.4, 0.5) is 4.79 Å². The summed E-state index contributed by atoms with van der Waals surface area (Å²) < 4.78 is 14.8. The van der Waals surface area contributed by atoms with Gasteiger partial charge in [-0.15, -0.1) is 0 Å². The number of esters is 1. The zero-order chi connectivity index (χ0) is 42.7. The first kappa shape index (κ1) is 56.2. The molecule has 0 bridgehead atoms. The number of rotatable bonds is 11. The molecule has 310 valence electrons. The fourth-order valence-electron chi connectivity index (χ4n) is 5.76. The Bertz CT molecular complexity index is 2220. The largest absolute Gasteiger partial charge is 1.00 e. The molecule has 6 aromatic rings. The number of hydrogen-bond donors (Lipinski definition) is 3. The number of nitrogens with zero attached hydrogens (tertiary/aromatic N) is 2. The van der Waals surface area contributed by atoms with Crippen LogP contribution in [0.2, 0.25) is 0 Å². The van der Waals surface area contributed by atoms with Crippen molar-refractivity contribution in [2.75, 3.05) is 0 Å². The Morgan fingerprint density at radius 3 is 1.65 bits per heavy atom. The van der Waals surface area contributed by atoms with Crippen LogP contribution in [-0.4, -0.2) is 56.4 Å². The summed E-state index contributed by atoms with van der Waals surface area (Å²) in [6.07, 6.45) is 3.92. The number of carbonyl (C=O) groups is 4. The van der Waals surface area contributed by atoms with Crippen molar-refractivity contribution in [2.24, 2.45) is 19.8 Å². The first-order chi connectivity index (χ1) is 27.7. The molecule has 0 aliphatic heterocycles. The van der Waals surface area contributed by atoms with Gasteiger partial charge in [0.2, 0.25) is 0 Å². The average molecular weight is 1130 g/mol. The molecule has 0 saturated heterocycles. The third-order valence-corrected chi connectivity index (χ3v) is 9.02. The summed E-state index contributed by atoms with van der Waals surface area (Å²) in [6.45, 7) is 5.29. The summed E-state index contributed by atoms with van der Waals surface area (Å²) in [5.41, 5.74) is 11.2. The van der Waals surface area contributed by atoms with E-state index in [-0.39, 0.29) is 152 Å². The van der Waals surface area contributed by atoms with Gasteiger partial charge in [-0.05, 0) is 55.2 Å². The smallest absolute Gasteiger partial charge is 1.00 e. The van der Waals surface area contributed by atoms with E-state index in [1.54, 1.807) is 20.8 Å². The molecule has 1 amide bonds. The number of ether oxygens (including phenoxy) is 2. The van der Waals surface area contributed by atoms with Gasteiger partial charge in [-0.1, -0.05) is 113 Å². The molecule has 60 heavy (non-hydrogen) atoms. The van der Waals surface area contributed by atoms with Crippen molar-refractivity contribution in [3.8, 4) is 0 Å². The Kier molecular flexibility index (Phi) is 27.6. The maximum Gasteiger partial charge on any atom is 1.00 e. The topological polar surface area (TPSA) is 187 Å². The third-order valence-electron chi connectivity index (χ3n) is 8.38. The van der Waals surface area contributed by atoms with E-state index in [0.717, 1.165) is 43.8 Å². The quantitative estimate of drug-likeness (QED) is 0.0547. The number of carbonyl (C=O) groups excluding carboxylic acids is 3. The van der Waals surface area contributed by atoms with Crippen molar-refractivity contribution in [1.29, 1.82) is 0 Å². The van der Waals surface area contributed by atoms with E-state index in [9.17, 15) is 14.4 Å². The van der Waals surface area contributed by atoms with Crippen LogP contribution in [-0.2, 0) is 67.6 Å². The minimum Gasteiger partial charge on any atom is -1.00 e. The second-order valence-corrected chi connectivity index (χ2v) is 14.6. The summed E-state index contributed by atoms with van der Waals surface area (Å²) in [5, 5.41) is 23.0. The van der Waals surface area contributed by atoms with E-state index in [1.165, 1.54) is 5.56 Å². The minimum absolute atomic E-state index is 0. The summed E-state index contributed by atoms with van der Waals surface area (Å²) in [7, 11) is 3.90. The van der Waals surface area contributed by atoms with Gasteiger partial charge >= 0.3 is 156 Å². The number of aryl methyl sites for hydroxylation is 2. The van der Waals surface area contributed by atoms with Crippen LogP contribution in [0.1, 0.15) is 44.5 Å². The van der Waals surface area contributed by atoms with Crippen molar-refractivity contribution < 1.29 is 183 Å². The normalized spacial score (nSPS) is 11.2. The molecule has 0 aliphatic rings. The van der Waals surface area contributed by atoms with Crippen molar-refractivity contribution in [2.45, 2.75) is 63.2 Å². The van der Waals surface area contributed by atoms with E-state index in [4.69, 9.17) is 30.4 Å². The number of aromatic nitrogens is 2. The zero-order valence-electron chi connectivity index (χ0n) is 36.2. The Labute approximate surface area is 478 Å². The first-order valence-corrected chi connectivity index (χ1v) is 19.4. The fraction of sp³-hybridized carbons (Fsp3) is 0.273. The van der Waals surface area contributed by atoms with Crippen molar-refractivity contribution in [1.82, 2.24) is 14.5 Å². The van der Waals surface area contributed by atoms with Gasteiger partial charge in [-0.3, -0.25) is 9.59 Å². The Morgan fingerprint density at radius 2 is 1.23 bits per heavy atom. The number of alkyl halides is 1. The molecule has 2 atom stereocenters. The Hall–Kier alpha value is -1.86. The number of aliphatic carboxylic acids is 1. The van der Waals surface area contributed by atoms with E-state index < -0.39 is 35.7 Å². The number of halogens is 1. The predicted molar refractivity (Wildman–Crippen MR) is 226 cm³/mol. The molecule has 0 fully saturated rings. The van der Waals surface area contributed by atoms with Crippen molar-refractivity contribution in [3.05, 3.63) is 144 Å². The van der Waals surface area contributed by atoms with Gasteiger partial charge in [-0.25, -0.2) is 9.59 Å². The summed E-state index contributed by atoms with van der Waals surface area (Å²) >= 11 is 3.36. The second kappa shape index (κ2) is 29.5. The van der Waals surface area contributed by atoms with Crippen LogP contribution in [0, 0.1) is 0 Å². The molecule has 4 N–H and O–H groups in total. The van der Waals surface area contributed by atoms with E-state index in [2.05, 4.69) is 38.3 Å². The molecule has 4 aromatic carbocycles. The van der Waals surface area contributed by atoms with Gasteiger partial charge in [0.25, 0.3) is 6.47 Å². The van der Waals surface area contributed by atoms with E-state index >= 15 is 0 Å². The number of alkyl carbamates (subject to hydrolysis) is 1. The van der Waals surface area contributed by atoms with E-state index in [1.807, 2.05) is 133 Å². The Balaban J connectivity index is 0.000000968. The zero-order valence-corrected chi connectivity index (χ0v) is 49.3. The molecule has 0 saturated carbocycles. The van der Waals surface area contributed by atoms with Crippen LogP contribution >= 0.6 is 15.9 Å². The molecule has 2 heterocycles. The summed E-state index contributed by atoms with van der Waals surface area (Å²) in [6, 6.07) is 33.8. The molecule has 0 spiro atoms. The molecule has 0 radical (unpaired) electrons. The molecule has 6 rings (SSSR count). The van der Waals surface area contributed by atoms with Gasteiger partial charge in [0.05, 0.1) is 0 Å². The number of para-hydroxylation sites is 2. The summed E-state index contributed by atoms with van der Waals surface area (Å²) in [5.74, 6) is -1.47. The fourth-order valence-corrected chi connectivity index (χ4v) is 6.13. The number of nitrogens with one attached hydrogen (secondary N) is 1.